The predicted molar refractivity (Wildman–Crippen MR) is 85.8 cm³/mol. The molecule has 1 N–H and O–H groups in total. The Hall–Kier alpha value is -1.92. The van der Waals surface area contributed by atoms with Crippen molar-refractivity contribution in [1.29, 1.82) is 0 Å². The number of benzene rings is 2. The molecule has 0 bridgehead atoms. The van der Waals surface area contributed by atoms with E-state index in [2.05, 4.69) is 4.98 Å². The molecule has 4 nitrogen and oxygen atoms in total. The van der Waals surface area contributed by atoms with Crippen molar-refractivity contribution in [2.45, 2.75) is 11.4 Å². The van der Waals surface area contributed by atoms with Crippen LogP contribution in [0.4, 0.5) is 0 Å². The molecule has 0 fully saturated rings. The smallest absolute Gasteiger partial charge is 0.178 e. The van der Waals surface area contributed by atoms with Gasteiger partial charge in [0.15, 0.2) is 14.6 Å². The van der Waals surface area contributed by atoms with Crippen molar-refractivity contribution in [2.75, 3.05) is 6.26 Å². The lowest BCUT2D eigenvalue weighted by molar-refractivity contribution is 0.602. The monoisotopic (exact) mass is 318 g/mol. The van der Waals surface area contributed by atoms with Gasteiger partial charge in [-0.3, -0.25) is 0 Å². The molecule has 1 heterocycles. The second-order valence-electron chi connectivity index (χ2n) is 4.95. The van der Waals surface area contributed by atoms with Gasteiger partial charge in [0.1, 0.15) is 0 Å². The van der Waals surface area contributed by atoms with Gasteiger partial charge in [-0.15, -0.1) is 0 Å². The highest BCUT2D eigenvalue weighted by Crippen LogP contribution is 2.17. The molecule has 0 radical (unpaired) electrons. The first kappa shape index (κ1) is 14.0. The summed E-state index contributed by atoms with van der Waals surface area (Å²) in [6, 6.07) is 14.8. The van der Waals surface area contributed by atoms with E-state index in [4.69, 9.17) is 12.2 Å². The zero-order valence-electron chi connectivity index (χ0n) is 11.4. The van der Waals surface area contributed by atoms with Crippen molar-refractivity contribution in [2.24, 2.45) is 0 Å². The van der Waals surface area contributed by atoms with Crippen LogP contribution in [0.15, 0.2) is 53.4 Å². The third kappa shape index (κ3) is 2.77. The normalized spacial score (nSPS) is 11.9. The fourth-order valence-corrected chi connectivity index (χ4v) is 3.19. The predicted octanol–water partition coefficient (Wildman–Crippen LogP) is 3.15. The van der Waals surface area contributed by atoms with Gasteiger partial charge >= 0.3 is 0 Å². The average Bonchev–Trinajstić information content (AvgIpc) is 2.75. The largest absolute Gasteiger partial charge is 0.331 e. The molecule has 21 heavy (non-hydrogen) atoms. The molecule has 2 aromatic carbocycles. The van der Waals surface area contributed by atoms with E-state index >= 15 is 0 Å². The first-order valence-electron chi connectivity index (χ1n) is 6.42. The number of sulfone groups is 1. The lowest BCUT2D eigenvalue weighted by Gasteiger charge is -2.06. The van der Waals surface area contributed by atoms with Gasteiger partial charge < -0.3 is 9.55 Å². The van der Waals surface area contributed by atoms with Crippen LogP contribution in [0.3, 0.4) is 0 Å². The van der Waals surface area contributed by atoms with Crippen LogP contribution in [-0.4, -0.2) is 24.2 Å². The number of hydrogen-bond acceptors (Lipinski definition) is 3. The SMILES string of the molecule is CS(=O)(=O)c1ccc(Cn2c(=S)[nH]c3ccccc32)cc1. The van der Waals surface area contributed by atoms with E-state index in [9.17, 15) is 8.42 Å². The first-order valence-corrected chi connectivity index (χ1v) is 8.72. The molecular formula is C15H14N2O2S2. The molecule has 0 amide bonds. The van der Waals surface area contributed by atoms with Crippen LogP contribution in [-0.2, 0) is 16.4 Å². The Morgan fingerprint density at radius 1 is 1.10 bits per heavy atom. The van der Waals surface area contributed by atoms with Gasteiger partial charge in [-0.2, -0.15) is 0 Å². The van der Waals surface area contributed by atoms with Crippen molar-refractivity contribution < 1.29 is 8.42 Å². The number of hydrogen-bond donors (Lipinski definition) is 1. The zero-order chi connectivity index (χ0) is 15.0. The summed E-state index contributed by atoms with van der Waals surface area (Å²) in [7, 11) is -3.16. The minimum atomic E-state index is -3.16. The number of nitrogens with one attached hydrogen (secondary N) is 1. The molecule has 1 aromatic heterocycles. The number of para-hydroxylation sites is 2. The molecule has 0 saturated heterocycles. The van der Waals surface area contributed by atoms with E-state index in [1.165, 1.54) is 6.26 Å². The summed E-state index contributed by atoms with van der Waals surface area (Å²) in [5.74, 6) is 0. The molecule has 3 rings (SSSR count). The summed E-state index contributed by atoms with van der Waals surface area (Å²) in [5, 5.41) is 0. The maximum absolute atomic E-state index is 11.5. The molecule has 0 saturated carbocycles. The number of aromatic amines is 1. The fourth-order valence-electron chi connectivity index (χ4n) is 2.29. The van der Waals surface area contributed by atoms with Gasteiger partial charge in [-0.05, 0) is 42.0 Å². The van der Waals surface area contributed by atoms with Crippen LogP contribution in [0.25, 0.3) is 11.0 Å². The van der Waals surface area contributed by atoms with E-state index in [1.807, 2.05) is 41.0 Å². The van der Waals surface area contributed by atoms with E-state index in [0.717, 1.165) is 16.6 Å². The third-order valence-corrected chi connectivity index (χ3v) is 4.82. The first-order chi connectivity index (χ1) is 9.95. The summed E-state index contributed by atoms with van der Waals surface area (Å²) >= 11 is 5.35. The highest BCUT2D eigenvalue weighted by atomic mass is 32.2. The van der Waals surface area contributed by atoms with Gasteiger partial charge in [0.05, 0.1) is 22.5 Å². The lowest BCUT2D eigenvalue weighted by atomic mass is 10.2. The molecule has 3 aromatic rings. The summed E-state index contributed by atoms with van der Waals surface area (Å²) in [5.41, 5.74) is 3.04. The van der Waals surface area contributed by atoms with Crippen LogP contribution in [0.2, 0.25) is 0 Å². The third-order valence-electron chi connectivity index (χ3n) is 3.37. The maximum Gasteiger partial charge on any atom is 0.178 e. The lowest BCUT2D eigenvalue weighted by Crippen LogP contribution is -2.01. The van der Waals surface area contributed by atoms with Crippen molar-refractivity contribution in [3.63, 3.8) is 0 Å². The molecule has 0 aliphatic carbocycles. The molecular weight excluding hydrogens is 304 g/mol. The molecule has 6 heteroatoms. The minimum absolute atomic E-state index is 0.328. The van der Waals surface area contributed by atoms with E-state index < -0.39 is 9.84 Å². The van der Waals surface area contributed by atoms with Gasteiger partial charge in [0.2, 0.25) is 0 Å². The van der Waals surface area contributed by atoms with E-state index in [0.29, 0.717) is 16.2 Å². The van der Waals surface area contributed by atoms with E-state index in [-0.39, 0.29) is 0 Å². The summed E-state index contributed by atoms with van der Waals surface area (Å²) in [6.45, 7) is 0.604. The van der Waals surface area contributed by atoms with Gasteiger partial charge in [-0.25, -0.2) is 8.42 Å². The molecule has 0 unspecified atom stereocenters. The number of rotatable bonds is 3. The Morgan fingerprint density at radius 3 is 2.43 bits per heavy atom. The topological polar surface area (TPSA) is 54.9 Å². The number of fused-ring (bicyclic) bond motifs is 1. The number of aromatic nitrogens is 2. The van der Waals surface area contributed by atoms with Gasteiger partial charge in [-0.1, -0.05) is 24.3 Å². The van der Waals surface area contributed by atoms with Crippen molar-refractivity contribution in [3.8, 4) is 0 Å². The van der Waals surface area contributed by atoms with Crippen LogP contribution < -0.4 is 0 Å². The maximum atomic E-state index is 11.5. The number of nitrogens with zero attached hydrogens (tertiary/aromatic N) is 1. The Labute approximate surface area is 128 Å². The van der Waals surface area contributed by atoms with Crippen molar-refractivity contribution >= 4 is 33.1 Å². The van der Waals surface area contributed by atoms with Crippen molar-refractivity contribution in [3.05, 3.63) is 58.9 Å². The van der Waals surface area contributed by atoms with Gasteiger partial charge in [0.25, 0.3) is 0 Å². The standard InChI is InChI=1S/C15H14N2O2S2/c1-21(18,19)12-8-6-11(7-9-12)10-17-14-5-3-2-4-13(14)16-15(17)20/h2-9H,10H2,1H3,(H,16,20). The molecule has 0 aliphatic rings. The fraction of sp³-hybridized carbons (Fsp3) is 0.133. The average molecular weight is 318 g/mol. The van der Waals surface area contributed by atoms with Crippen LogP contribution >= 0.6 is 12.2 Å². The summed E-state index contributed by atoms with van der Waals surface area (Å²) in [4.78, 5) is 3.49. The summed E-state index contributed by atoms with van der Waals surface area (Å²) in [6.07, 6.45) is 1.21. The highest BCUT2D eigenvalue weighted by molar-refractivity contribution is 7.90. The number of H-pyrrole nitrogens is 1. The van der Waals surface area contributed by atoms with E-state index in [1.54, 1.807) is 12.1 Å². The second-order valence-corrected chi connectivity index (χ2v) is 7.35. The Balaban J connectivity index is 1.99. The molecule has 108 valence electrons. The Bertz CT molecular complexity index is 951. The Kier molecular flexibility index (Phi) is 3.43. The minimum Gasteiger partial charge on any atom is -0.331 e. The van der Waals surface area contributed by atoms with Crippen LogP contribution in [0.1, 0.15) is 5.56 Å². The van der Waals surface area contributed by atoms with Crippen LogP contribution in [0.5, 0.6) is 0 Å². The van der Waals surface area contributed by atoms with Crippen LogP contribution in [0, 0.1) is 4.77 Å². The molecule has 0 spiro atoms. The zero-order valence-corrected chi connectivity index (χ0v) is 13.0. The second kappa shape index (κ2) is 5.13. The van der Waals surface area contributed by atoms with Crippen molar-refractivity contribution in [1.82, 2.24) is 9.55 Å². The van der Waals surface area contributed by atoms with Gasteiger partial charge in [0, 0.05) is 6.26 Å². The Morgan fingerprint density at radius 2 is 1.76 bits per heavy atom. The molecule has 0 atom stereocenters. The highest BCUT2D eigenvalue weighted by Gasteiger charge is 2.08. The quantitative estimate of drug-likeness (QED) is 0.755. The molecule has 0 aliphatic heterocycles. The summed E-state index contributed by atoms with van der Waals surface area (Å²) < 4.78 is 25.6. The number of imidazole rings is 1.